The van der Waals surface area contributed by atoms with Crippen molar-refractivity contribution in [3.63, 3.8) is 0 Å². The zero-order valence-corrected chi connectivity index (χ0v) is 14.2. The van der Waals surface area contributed by atoms with Crippen LogP contribution < -0.4 is 0 Å². The number of aromatic nitrogens is 3. The van der Waals surface area contributed by atoms with Gasteiger partial charge in [-0.2, -0.15) is 0 Å². The Morgan fingerprint density at radius 1 is 1.17 bits per heavy atom. The molecule has 0 spiro atoms. The second kappa shape index (κ2) is 6.22. The molecule has 2 heterocycles. The maximum atomic E-state index is 11.3. The second-order valence-corrected chi connectivity index (χ2v) is 6.53. The quantitative estimate of drug-likeness (QED) is 0.746. The van der Waals surface area contributed by atoms with Gasteiger partial charge >= 0.3 is 0 Å². The smallest absolute Gasteiger partial charge is 0.165 e. The zero-order valence-electron chi connectivity index (χ0n) is 13.4. The molecule has 0 amide bonds. The second-order valence-electron chi connectivity index (χ2n) is 5.60. The third-order valence-electron chi connectivity index (χ3n) is 3.86. The van der Waals surface area contributed by atoms with Crippen molar-refractivity contribution >= 4 is 22.2 Å². The minimum Gasteiger partial charge on any atom is -0.306 e. The van der Waals surface area contributed by atoms with Crippen LogP contribution in [-0.2, 0) is 23.3 Å². The van der Waals surface area contributed by atoms with Crippen molar-refractivity contribution in [2.24, 2.45) is 0 Å². The number of aryl methyl sites for hydroxylation is 3. The first-order valence-corrected chi connectivity index (χ1v) is 8.79. The monoisotopic (exact) mass is 329 g/mol. The van der Waals surface area contributed by atoms with Gasteiger partial charge in [0.25, 0.3) is 0 Å². The molecule has 120 valence electrons. The molecule has 1 aromatic carbocycles. The van der Waals surface area contributed by atoms with Crippen molar-refractivity contribution in [1.29, 1.82) is 0 Å². The fourth-order valence-electron chi connectivity index (χ4n) is 2.76. The molecule has 23 heavy (non-hydrogen) atoms. The number of pyridine rings is 1. The van der Waals surface area contributed by atoms with Crippen molar-refractivity contribution in [2.75, 3.05) is 0 Å². The van der Waals surface area contributed by atoms with Crippen LogP contribution in [0.15, 0.2) is 30.3 Å². The molecule has 3 aromatic rings. The number of rotatable bonds is 4. The average molecular weight is 329 g/mol. The van der Waals surface area contributed by atoms with Crippen molar-refractivity contribution in [3.05, 3.63) is 53.0 Å². The lowest BCUT2D eigenvalue weighted by molar-refractivity contribution is 0.561. The summed E-state index contributed by atoms with van der Waals surface area (Å²) in [4.78, 5) is 9.16. The van der Waals surface area contributed by atoms with Gasteiger partial charge in [0.05, 0.1) is 0 Å². The van der Waals surface area contributed by atoms with Crippen LogP contribution in [0.5, 0.6) is 0 Å². The molecule has 0 radical (unpaired) electrons. The third-order valence-corrected chi connectivity index (χ3v) is 4.36. The van der Waals surface area contributed by atoms with Gasteiger partial charge in [0.2, 0.25) is 0 Å². The van der Waals surface area contributed by atoms with Gasteiger partial charge in [0.15, 0.2) is 16.7 Å². The summed E-state index contributed by atoms with van der Waals surface area (Å²) in [5.74, 6) is 0.524. The Balaban J connectivity index is 2.28. The molecule has 0 aliphatic rings. The van der Waals surface area contributed by atoms with Crippen LogP contribution in [0, 0.1) is 13.8 Å². The molecule has 0 aliphatic heterocycles. The molecule has 1 atom stereocenters. The summed E-state index contributed by atoms with van der Waals surface area (Å²) in [5, 5.41) is 0. The van der Waals surface area contributed by atoms with Crippen LogP contribution in [-0.4, -0.2) is 23.3 Å². The van der Waals surface area contributed by atoms with Gasteiger partial charge in [0.1, 0.15) is 17.1 Å². The number of hydrogen-bond donors (Lipinski definition) is 1. The summed E-state index contributed by atoms with van der Waals surface area (Å²) in [6.07, 6.45) is 0.967. The van der Waals surface area contributed by atoms with Crippen LogP contribution in [0.4, 0.5) is 0 Å². The van der Waals surface area contributed by atoms with E-state index < -0.39 is 11.1 Å². The Bertz CT molecular complexity index is 885. The molecule has 6 heteroatoms. The summed E-state index contributed by atoms with van der Waals surface area (Å²) in [6, 6.07) is 10.1. The largest absolute Gasteiger partial charge is 0.306 e. The van der Waals surface area contributed by atoms with Crippen molar-refractivity contribution in [2.45, 2.75) is 32.9 Å². The van der Waals surface area contributed by atoms with Crippen molar-refractivity contribution in [3.8, 4) is 5.69 Å². The molecule has 2 aromatic heterocycles. The summed E-state index contributed by atoms with van der Waals surface area (Å²) >= 11 is -1.96. The van der Waals surface area contributed by atoms with E-state index in [-0.39, 0.29) is 5.75 Å². The maximum Gasteiger partial charge on any atom is 0.165 e. The zero-order chi connectivity index (χ0) is 16.6. The molecule has 5 nitrogen and oxygen atoms in total. The SMILES string of the molecule is CCc1ccc(-n2c(CS(=O)O)nc3c(C)cc(C)nc32)cc1. The summed E-state index contributed by atoms with van der Waals surface area (Å²) in [5.41, 5.74) is 5.57. The number of fused-ring (bicyclic) bond motifs is 1. The first-order chi connectivity index (χ1) is 11.0. The minimum absolute atomic E-state index is 0.0234. The highest BCUT2D eigenvalue weighted by atomic mass is 32.2. The molecule has 0 saturated carbocycles. The van der Waals surface area contributed by atoms with Crippen LogP contribution in [0.25, 0.3) is 16.9 Å². The van der Waals surface area contributed by atoms with E-state index in [1.807, 2.05) is 36.6 Å². The lowest BCUT2D eigenvalue weighted by Crippen LogP contribution is -2.05. The maximum absolute atomic E-state index is 11.3. The van der Waals surface area contributed by atoms with Gasteiger partial charge in [0, 0.05) is 11.4 Å². The van der Waals surface area contributed by atoms with Gasteiger partial charge in [-0.25, -0.2) is 14.2 Å². The third kappa shape index (κ3) is 3.04. The average Bonchev–Trinajstić information content (AvgIpc) is 2.85. The van der Waals surface area contributed by atoms with E-state index >= 15 is 0 Å². The highest BCUT2D eigenvalue weighted by molar-refractivity contribution is 7.78. The van der Waals surface area contributed by atoms with Gasteiger partial charge in [-0.05, 0) is 49.6 Å². The number of hydrogen-bond acceptors (Lipinski definition) is 3. The molecule has 1 unspecified atom stereocenters. The highest BCUT2D eigenvalue weighted by Gasteiger charge is 2.17. The van der Waals surface area contributed by atoms with E-state index in [2.05, 4.69) is 29.0 Å². The van der Waals surface area contributed by atoms with E-state index in [1.54, 1.807) is 0 Å². The molecule has 0 bridgehead atoms. The van der Waals surface area contributed by atoms with Crippen molar-refractivity contribution < 1.29 is 8.76 Å². The van der Waals surface area contributed by atoms with Crippen LogP contribution in [0.3, 0.4) is 0 Å². The Labute approximate surface area is 137 Å². The molecular weight excluding hydrogens is 310 g/mol. The van der Waals surface area contributed by atoms with Gasteiger partial charge in [-0.3, -0.25) is 4.57 Å². The molecular formula is C17H19N3O2S. The van der Waals surface area contributed by atoms with Crippen molar-refractivity contribution in [1.82, 2.24) is 14.5 Å². The molecule has 3 rings (SSSR count). The standard InChI is InChI=1S/C17H19N3O2S/c1-4-13-5-7-14(8-6-13)20-15(10-23(21)22)19-16-11(2)9-12(3)18-17(16)20/h5-9H,4,10H2,1-3H3,(H,21,22). The predicted octanol–water partition coefficient (Wildman–Crippen LogP) is 3.32. The lowest BCUT2D eigenvalue weighted by Gasteiger charge is -2.09. The fraction of sp³-hybridized carbons (Fsp3) is 0.294. The predicted molar refractivity (Wildman–Crippen MR) is 92.2 cm³/mol. The van der Waals surface area contributed by atoms with E-state index in [0.717, 1.165) is 34.5 Å². The van der Waals surface area contributed by atoms with Gasteiger partial charge in [-0.1, -0.05) is 19.1 Å². The van der Waals surface area contributed by atoms with Crippen LogP contribution in [0.2, 0.25) is 0 Å². The molecule has 0 fully saturated rings. The topological polar surface area (TPSA) is 68.0 Å². The Kier molecular flexibility index (Phi) is 4.28. The van der Waals surface area contributed by atoms with E-state index in [1.165, 1.54) is 5.56 Å². The van der Waals surface area contributed by atoms with Gasteiger partial charge < -0.3 is 4.55 Å². The number of nitrogens with zero attached hydrogens (tertiary/aromatic N) is 3. The van der Waals surface area contributed by atoms with E-state index in [0.29, 0.717) is 5.82 Å². The Hall–Kier alpha value is -2.05. The number of imidazole rings is 1. The van der Waals surface area contributed by atoms with Crippen LogP contribution >= 0.6 is 0 Å². The molecule has 1 N–H and O–H groups in total. The first kappa shape index (κ1) is 15.8. The fourth-order valence-corrected chi connectivity index (χ4v) is 3.18. The Morgan fingerprint density at radius 2 is 1.87 bits per heavy atom. The van der Waals surface area contributed by atoms with Gasteiger partial charge in [-0.15, -0.1) is 0 Å². The molecule has 0 aliphatic carbocycles. The summed E-state index contributed by atoms with van der Waals surface area (Å²) in [7, 11) is 0. The van der Waals surface area contributed by atoms with E-state index in [9.17, 15) is 8.76 Å². The minimum atomic E-state index is -1.96. The highest BCUT2D eigenvalue weighted by Crippen LogP contribution is 2.24. The normalized spacial score (nSPS) is 12.7. The summed E-state index contributed by atoms with van der Waals surface area (Å²) in [6.45, 7) is 6.03. The lowest BCUT2D eigenvalue weighted by atomic mass is 10.1. The van der Waals surface area contributed by atoms with E-state index in [4.69, 9.17) is 0 Å². The Morgan fingerprint density at radius 3 is 2.48 bits per heavy atom. The first-order valence-electron chi connectivity index (χ1n) is 7.52. The number of benzene rings is 1. The summed E-state index contributed by atoms with van der Waals surface area (Å²) < 4.78 is 22.5. The van der Waals surface area contributed by atoms with Crippen LogP contribution in [0.1, 0.15) is 29.6 Å². The molecule has 0 saturated heterocycles.